The fourth-order valence-corrected chi connectivity index (χ4v) is 2.86. The maximum absolute atomic E-state index is 11.8. The number of hydrogen-bond donors (Lipinski definition) is 1. The average Bonchev–Trinajstić information content (AvgIpc) is 2.83. The van der Waals surface area contributed by atoms with E-state index in [1.165, 1.54) is 24.6 Å². The zero-order chi connectivity index (χ0) is 13.4. The Morgan fingerprint density at radius 1 is 1.50 bits per heavy atom. The van der Waals surface area contributed by atoms with Crippen molar-refractivity contribution in [2.75, 3.05) is 31.9 Å². The lowest BCUT2D eigenvalue weighted by molar-refractivity contribution is -0.117. The quantitative estimate of drug-likeness (QED) is 0.576. The van der Waals surface area contributed by atoms with Gasteiger partial charge in [-0.15, -0.1) is 11.8 Å². The minimum Gasteiger partial charge on any atom is -0.349 e. The molecule has 1 aliphatic rings. The van der Waals surface area contributed by atoms with Gasteiger partial charge in [0, 0.05) is 13.1 Å². The molecule has 1 amide bonds. The highest BCUT2D eigenvalue weighted by Crippen LogP contribution is 2.24. The standard InChI is InChI=1S/C12H20ClN3OS/c1-3-18-11(13)10(14-2)12(17)15-6-9-16-7-4-5-8-16/h2-9H2,1H3,(H,15,17)/b11-10-. The molecule has 0 aromatic rings. The summed E-state index contributed by atoms with van der Waals surface area (Å²) >= 11 is 7.38. The van der Waals surface area contributed by atoms with Crippen molar-refractivity contribution in [3.05, 3.63) is 10.1 Å². The van der Waals surface area contributed by atoms with Crippen LogP contribution in [-0.4, -0.2) is 49.5 Å². The van der Waals surface area contributed by atoms with Gasteiger partial charge in [-0.05, 0) is 38.4 Å². The van der Waals surface area contributed by atoms with Crippen molar-refractivity contribution in [1.29, 1.82) is 0 Å². The van der Waals surface area contributed by atoms with Crippen molar-refractivity contribution in [2.45, 2.75) is 19.8 Å². The van der Waals surface area contributed by atoms with E-state index in [2.05, 4.69) is 21.9 Å². The lowest BCUT2D eigenvalue weighted by Crippen LogP contribution is -2.34. The molecule has 0 unspecified atom stereocenters. The smallest absolute Gasteiger partial charge is 0.272 e. The van der Waals surface area contributed by atoms with Crippen LogP contribution in [0.1, 0.15) is 19.8 Å². The van der Waals surface area contributed by atoms with E-state index in [1.807, 2.05) is 6.92 Å². The number of amides is 1. The Morgan fingerprint density at radius 3 is 2.72 bits per heavy atom. The first-order chi connectivity index (χ1) is 8.69. The molecule has 4 nitrogen and oxygen atoms in total. The number of thioether (sulfide) groups is 1. The number of likely N-dealkylation sites (tertiary alicyclic amines) is 1. The Hall–Kier alpha value is -0.520. The van der Waals surface area contributed by atoms with Crippen LogP contribution >= 0.6 is 23.4 Å². The highest BCUT2D eigenvalue weighted by atomic mass is 35.5. The highest BCUT2D eigenvalue weighted by Gasteiger charge is 2.14. The molecule has 6 heteroatoms. The molecular formula is C12H20ClN3OS. The summed E-state index contributed by atoms with van der Waals surface area (Å²) in [5.41, 5.74) is 0.227. The van der Waals surface area contributed by atoms with Gasteiger partial charge in [0.05, 0.1) is 0 Å². The second-order valence-corrected chi connectivity index (χ2v) is 5.89. The normalized spacial score (nSPS) is 17.4. The van der Waals surface area contributed by atoms with E-state index < -0.39 is 0 Å². The van der Waals surface area contributed by atoms with Crippen molar-refractivity contribution in [2.24, 2.45) is 4.99 Å². The Balaban J connectivity index is 2.37. The number of halogens is 1. The molecule has 0 aliphatic carbocycles. The largest absolute Gasteiger partial charge is 0.349 e. The zero-order valence-electron chi connectivity index (χ0n) is 10.7. The maximum atomic E-state index is 11.8. The van der Waals surface area contributed by atoms with Crippen molar-refractivity contribution < 1.29 is 4.79 Å². The number of rotatable bonds is 7. The summed E-state index contributed by atoms with van der Waals surface area (Å²) < 4.78 is 0.408. The van der Waals surface area contributed by atoms with E-state index >= 15 is 0 Å². The van der Waals surface area contributed by atoms with Crippen molar-refractivity contribution in [3.8, 4) is 0 Å². The predicted octanol–water partition coefficient (Wildman–Crippen LogP) is 2.06. The third-order valence-electron chi connectivity index (χ3n) is 2.74. The maximum Gasteiger partial charge on any atom is 0.272 e. The summed E-state index contributed by atoms with van der Waals surface area (Å²) in [4.78, 5) is 17.9. The first-order valence-corrected chi connectivity index (χ1v) is 7.55. The topological polar surface area (TPSA) is 44.7 Å². The number of hydrogen-bond acceptors (Lipinski definition) is 4. The SMILES string of the molecule is C=N/C(C(=O)NCCN1CCCC1)=C(/Cl)SCC. The lowest BCUT2D eigenvalue weighted by atomic mass is 10.4. The Morgan fingerprint density at radius 2 is 2.17 bits per heavy atom. The van der Waals surface area contributed by atoms with Crippen LogP contribution in [0.3, 0.4) is 0 Å². The van der Waals surface area contributed by atoms with Crippen LogP contribution in [0.15, 0.2) is 15.1 Å². The summed E-state index contributed by atoms with van der Waals surface area (Å²) in [6.07, 6.45) is 2.51. The third kappa shape index (κ3) is 5.00. The number of nitrogens with one attached hydrogen (secondary N) is 1. The highest BCUT2D eigenvalue weighted by molar-refractivity contribution is 8.04. The van der Waals surface area contributed by atoms with Crippen LogP contribution in [0.4, 0.5) is 0 Å². The molecular weight excluding hydrogens is 270 g/mol. The van der Waals surface area contributed by atoms with Crippen molar-refractivity contribution in [3.63, 3.8) is 0 Å². The molecule has 102 valence electrons. The fraction of sp³-hybridized carbons (Fsp3) is 0.667. The van der Waals surface area contributed by atoms with Crippen LogP contribution in [0.25, 0.3) is 0 Å². The molecule has 0 spiro atoms. The molecule has 1 rings (SSSR count). The molecule has 1 aliphatic heterocycles. The summed E-state index contributed by atoms with van der Waals surface area (Å²) in [5.74, 6) is 0.564. The van der Waals surface area contributed by atoms with E-state index in [4.69, 9.17) is 11.6 Å². The number of carbonyl (C=O) groups excluding carboxylic acids is 1. The van der Waals surface area contributed by atoms with Crippen molar-refractivity contribution >= 4 is 36.0 Å². The minimum absolute atomic E-state index is 0.227. The van der Waals surface area contributed by atoms with Gasteiger partial charge in [0.1, 0.15) is 4.36 Å². The van der Waals surface area contributed by atoms with E-state index in [0.717, 1.165) is 25.4 Å². The molecule has 1 saturated heterocycles. The summed E-state index contributed by atoms with van der Waals surface area (Å²) in [6, 6.07) is 0. The molecule has 0 aromatic carbocycles. The van der Waals surface area contributed by atoms with Crippen LogP contribution in [-0.2, 0) is 4.79 Å². The first-order valence-electron chi connectivity index (χ1n) is 6.19. The van der Waals surface area contributed by atoms with Gasteiger partial charge in [-0.3, -0.25) is 9.79 Å². The summed E-state index contributed by atoms with van der Waals surface area (Å²) in [7, 11) is 0. The van der Waals surface area contributed by atoms with Crippen LogP contribution in [0.2, 0.25) is 0 Å². The Kier molecular flexibility index (Phi) is 7.39. The molecule has 0 atom stereocenters. The third-order valence-corrected chi connectivity index (χ3v) is 3.98. The lowest BCUT2D eigenvalue weighted by Gasteiger charge is -2.14. The molecule has 0 bridgehead atoms. The van der Waals surface area contributed by atoms with Gasteiger partial charge >= 0.3 is 0 Å². The van der Waals surface area contributed by atoms with Gasteiger partial charge in [0.2, 0.25) is 0 Å². The summed E-state index contributed by atoms with van der Waals surface area (Å²) in [5, 5.41) is 2.83. The zero-order valence-corrected chi connectivity index (χ0v) is 12.3. The van der Waals surface area contributed by atoms with Gasteiger partial charge in [-0.25, -0.2) is 0 Å². The molecule has 1 fully saturated rings. The van der Waals surface area contributed by atoms with Gasteiger partial charge < -0.3 is 10.2 Å². The van der Waals surface area contributed by atoms with Gasteiger partial charge in [-0.2, -0.15) is 0 Å². The minimum atomic E-state index is -0.241. The van der Waals surface area contributed by atoms with Crippen LogP contribution in [0.5, 0.6) is 0 Å². The van der Waals surface area contributed by atoms with Gasteiger partial charge in [-0.1, -0.05) is 18.5 Å². The van der Waals surface area contributed by atoms with Crippen molar-refractivity contribution in [1.82, 2.24) is 10.2 Å². The monoisotopic (exact) mass is 289 g/mol. The molecule has 0 radical (unpaired) electrons. The van der Waals surface area contributed by atoms with Crippen LogP contribution in [0, 0.1) is 0 Å². The summed E-state index contributed by atoms with van der Waals surface area (Å²) in [6.45, 7) is 9.13. The number of aliphatic imine (C=N–C) groups is 1. The molecule has 1 N–H and O–H groups in total. The molecule has 0 aromatic heterocycles. The van der Waals surface area contributed by atoms with Gasteiger partial charge in [0.15, 0.2) is 5.70 Å². The van der Waals surface area contributed by atoms with Crippen LogP contribution < -0.4 is 5.32 Å². The predicted molar refractivity (Wildman–Crippen MR) is 79.2 cm³/mol. The van der Waals surface area contributed by atoms with E-state index in [-0.39, 0.29) is 11.6 Å². The molecule has 1 heterocycles. The fourth-order valence-electron chi connectivity index (χ4n) is 1.84. The number of carbonyl (C=O) groups is 1. The molecule has 0 saturated carbocycles. The molecule has 18 heavy (non-hydrogen) atoms. The second-order valence-electron chi connectivity index (χ2n) is 4.02. The van der Waals surface area contributed by atoms with Gasteiger partial charge in [0.25, 0.3) is 5.91 Å². The van der Waals surface area contributed by atoms with E-state index in [9.17, 15) is 4.79 Å². The van der Waals surface area contributed by atoms with E-state index in [1.54, 1.807) is 0 Å². The average molecular weight is 290 g/mol. The Labute approximate surface area is 118 Å². The van der Waals surface area contributed by atoms with E-state index in [0.29, 0.717) is 10.9 Å². The first kappa shape index (κ1) is 15.5. The second kappa shape index (κ2) is 8.56. The Bertz CT molecular complexity index is 327. The number of nitrogens with zero attached hydrogens (tertiary/aromatic N) is 2.